The Balaban J connectivity index is 2.03. The summed E-state index contributed by atoms with van der Waals surface area (Å²) >= 11 is 5.88. The molecule has 1 amide bonds. The molecule has 0 unspecified atom stereocenters. The van der Waals surface area contributed by atoms with Crippen molar-refractivity contribution in [1.29, 1.82) is 0 Å². The molecule has 1 aromatic heterocycles. The van der Waals surface area contributed by atoms with Crippen LogP contribution in [0.5, 0.6) is 0 Å². The fourth-order valence-electron chi connectivity index (χ4n) is 2.14. The van der Waals surface area contributed by atoms with Crippen molar-refractivity contribution < 1.29 is 13.7 Å². The fourth-order valence-corrected chi connectivity index (χ4v) is 3.78. The molecular formula is C14H20ClN3O3S. The van der Waals surface area contributed by atoms with Crippen LogP contribution in [0.3, 0.4) is 0 Å². The van der Waals surface area contributed by atoms with E-state index in [1.54, 1.807) is 17.9 Å². The van der Waals surface area contributed by atoms with Crippen LogP contribution < -0.4 is 0 Å². The highest BCUT2D eigenvalue weighted by molar-refractivity contribution is 7.85. The maximum atomic E-state index is 12.6. The molecule has 1 saturated heterocycles. The Morgan fingerprint density at radius 3 is 2.73 bits per heavy atom. The van der Waals surface area contributed by atoms with E-state index in [0.29, 0.717) is 25.2 Å². The molecule has 0 aliphatic carbocycles. The van der Waals surface area contributed by atoms with Crippen LogP contribution in [0.25, 0.3) is 0 Å². The van der Waals surface area contributed by atoms with E-state index >= 15 is 0 Å². The minimum absolute atomic E-state index is 0.203. The summed E-state index contributed by atoms with van der Waals surface area (Å²) in [6.45, 7) is 8.12. The van der Waals surface area contributed by atoms with Gasteiger partial charge >= 0.3 is 6.09 Å². The molecule has 6 nitrogen and oxygen atoms in total. The maximum absolute atomic E-state index is 12.6. The number of aryl methyl sites for hydroxylation is 1. The summed E-state index contributed by atoms with van der Waals surface area (Å²) in [5.41, 5.74) is 0.131. The van der Waals surface area contributed by atoms with Crippen molar-refractivity contribution in [2.75, 3.05) is 13.1 Å². The van der Waals surface area contributed by atoms with Gasteiger partial charge in [-0.3, -0.25) is 4.21 Å². The molecule has 0 aromatic carbocycles. The predicted molar refractivity (Wildman–Crippen MR) is 84.4 cm³/mol. The van der Waals surface area contributed by atoms with E-state index in [1.807, 2.05) is 20.8 Å². The van der Waals surface area contributed by atoms with Gasteiger partial charge in [-0.1, -0.05) is 11.6 Å². The molecule has 1 aliphatic rings. The van der Waals surface area contributed by atoms with Gasteiger partial charge in [-0.15, -0.1) is 0 Å². The predicted octanol–water partition coefficient (Wildman–Crippen LogP) is 2.56. The van der Waals surface area contributed by atoms with Gasteiger partial charge in [-0.2, -0.15) is 0 Å². The lowest BCUT2D eigenvalue weighted by Gasteiger charge is -2.24. The Kier molecular flexibility index (Phi) is 5.07. The standard InChI is InChI=1S/C14H20ClN3O3S/c1-9-7-11(15)17-12(16-9)22(20)10-5-6-18(8-10)13(19)21-14(2,3)4/h7,10H,5-6,8H2,1-4H3/t10-,22-/m1/s1. The summed E-state index contributed by atoms with van der Waals surface area (Å²) in [6.07, 6.45) is 0.246. The quantitative estimate of drug-likeness (QED) is 0.608. The molecule has 0 radical (unpaired) electrons. The molecule has 1 aromatic rings. The number of carbonyl (C=O) groups excluding carboxylic acids is 1. The van der Waals surface area contributed by atoms with Crippen molar-refractivity contribution in [2.24, 2.45) is 0 Å². The highest BCUT2D eigenvalue weighted by Gasteiger charge is 2.34. The van der Waals surface area contributed by atoms with E-state index in [0.717, 1.165) is 0 Å². The Labute approximate surface area is 137 Å². The van der Waals surface area contributed by atoms with Crippen molar-refractivity contribution >= 4 is 28.5 Å². The number of halogens is 1. The number of hydrogen-bond acceptors (Lipinski definition) is 5. The summed E-state index contributed by atoms with van der Waals surface area (Å²) < 4.78 is 17.9. The van der Waals surface area contributed by atoms with Gasteiger partial charge in [0.05, 0.1) is 16.0 Å². The van der Waals surface area contributed by atoms with Crippen LogP contribution in [-0.4, -0.2) is 49.1 Å². The average molecular weight is 346 g/mol. The van der Waals surface area contributed by atoms with Gasteiger partial charge in [0, 0.05) is 18.8 Å². The second kappa shape index (κ2) is 6.50. The van der Waals surface area contributed by atoms with Crippen LogP contribution >= 0.6 is 11.6 Å². The number of rotatable bonds is 2. The minimum Gasteiger partial charge on any atom is -0.444 e. The number of ether oxygens (including phenoxy) is 1. The maximum Gasteiger partial charge on any atom is 0.410 e. The second-order valence-electron chi connectivity index (χ2n) is 6.25. The highest BCUT2D eigenvalue weighted by Crippen LogP contribution is 2.21. The molecule has 1 fully saturated rings. The van der Waals surface area contributed by atoms with E-state index in [1.165, 1.54) is 0 Å². The van der Waals surface area contributed by atoms with Crippen molar-refractivity contribution in [2.45, 2.75) is 50.1 Å². The SMILES string of the molecule is Cc1cc(Cl)nc([S@](=O)[C@@H]2CCN(C(=O)OC(C)(C)C)C2)n1. The van der Waals surface area contributed by atoms with Gasteiger partial charge < -0.3 is 9.64 Å². The first-order valence-electron chi connectivity index (χ1n) is 7.05. The van der Waals surface area contributed by atoms with Gasteiger partial charge in [0.25, 0.3) is 0 Å². The van der Waals surface area contributed by atoms with E-state index in [2.05, 4.69) is 9.97 Å². The van der Waals surface area contributed by atoms with Crippen molar-refractivity contribution in [1.82, 2.24) is 14.9 Å². The molecule has 22 heavy (non-hydrogen) atoms. The summed E-state index contributed by atoms with van der Waals surface area (Å²) in [5.74, 6) is 0. The normalized spacial score (nSPS) is 20.0. The van der Waals surface area contributed by atoms with E-state index in [-0.39, 0.29) is 21.7 Å². The number of aromatic nitrogens is 2. The van der Waals surface area contributed by atoms with Gasteiger partial charge in [0.15, 0.2) is 0 Å². The van der Waals surface area contributed by atoms with Gasteiger partial charge in [-0.05, 0) is 40.2 Å². The third-order valence-electron chi connectivity index (χ3n) is 3.08. The second-order valence-corrected chi connectivity index (χ2v) is 8.26. The van der Waals surface area contributed by atoms with Crippen LogP contribution in [0.4, 0.5) is 4.79 Å². The number of carbonyl (C=O) groups is 1. The first kappa shape index (κ1) is 17.1. The molecule has 0 N–H and O–H groups in total. The molecule has 2 heterocycles. The van der Waals surface area contributed by atoms with E-state index in [4.69, 9.17) is 16.3 Å². The summed E-state index contributed by atoms with van der Waals surface area (Å²) in [5, 5.41) is 0.296. The van der Waals surface area contributed by atoms with Crippen LogP contribution in [0.15, 0.2) is 11.2 Å². The third kappa shape index (κ3) is 4.39. The average Bonchev–Trinajstić information content (AvgIpc) is 2.84. The largest absolute Gasteiger partial charge is 0.444 e. The summed E-state index contributed by atoms with van der Waals surface area (Å²) in [4.78, 5) is 21.8. The Morgan fingerprint density at radius 1 is 1.45 bits per heavy atom. The van der Waals surface area contributed by atoms with Gasteiger partial charge in [-0.25, -0.2) is 14.8 Å². The number of amides is 1. The lowest BCUT2D eigenvalue weighted by Crippen LogP contribution is -2.36. The number of likely N-dealkylation sites (tertiary alicyclic amines) is 1. The molecule has 1 aliphatic heterocycles. The van der Waals surface area contributed by atoms with Crippen LogP contribution in [0, 0.1) is 6.92 Å². The minimum atomic E-state index is -1.40. The molecule has 0 saturated carbocycles. The monoisotopic (exact) mass is 345 g/mol. The summed E-state index contributed by atoms with van der Waals surface area (Å²) in [7, 11) is -1.40. The zero-order chi connectivity index (χ0) is 16.5. The zero-order valence-corrected chi connectivity index (χ0v) is 14.7. The number of hydrogen-bond donors (Lipinski definition) is 0. The Bertz CT molecular complexity index is 583. The molecule has 2 rings (SSSR count). The lowest BCUT2D eigenvalue weighted by molar-refractivity contribution is 0.0295. The first-order chi connectivity index (χ1) is 10.2. The highest BCUT2D eigenvalue weighted by atomic mass is 35.5. The number of nitrogens with zero attached hydrogens (tertiary/aromatic N) is 3. The lowest BCUT2D eigenvalue weighted by atomic mass is 10.2. The molecule has 0 spiro atoms. The van der Waals surface area contributed by atoms with Crippen molar-refractivity contribution in [3.8, 4) is 0 Å². The molecule has 2 atom stereocenters. The topological polar surface area (TPSA) is 72.4 Å². The van der Waals surface area contributed by atoms with E-state index in [9.17, 15) is 9.00 Å². The Hall–Kier alpha value is -1.21. The van der Waals surface area contributed by atoms with E-state index < -0.39 is 16.4 Å². The van der Waals surface area contributed by atoms with Gasteiger partial charge in [0.2, 0.25) is 5.16 Å². The molecule has 0 bridgehead atoms. The third-order valence-corrected chi connectivity index (χ3v) is 4.81. The van der Waals surface area contributed by atoms with Crippen molar-refractivity contribution in [3.63, 3.8) is 0 Å². The first-order valence-corrected chi connectivity index (χ1v) is 8.64. The van der Waals surface area contributed by atoms with Crippen molar-refractivity contribution in [3.05, 3.63) is 16.9 Å². The molecule has 8 heteroatoms. The fraction of sp³-hybridized carbons (Fsp3) is 0.643. The molecule has 122 valence electrons. The smallest absolute Gasteiger partial charge is 0.410 e. The molecular weight excluding hydrogens is 326 g/mol. The van der Waals surface area contributed by atoms with Crippen LogP contribution in [0.1, 0.15) is 32.9 Å². The van der Waals surface area contributed by atoms with Crippen LogP contribution in [0.2, 0.25) is 5.15 Å². The van der Waals surface area contributed by atoms with Gasteiger partial charge in [0.1, 0.15) is 10.8 Å². The summed E-state index contributed by atoms with van der Waals surface area (Å²) in [6, 6.07) is 1.61. The zero-order valence-electron chi connectivity index (χ0n) is 13.1. The Morgan fingerprint density at radius 2 is 2.14 bits per heavy atom. The van der Waals surface area contributed by atoms with Crippen LogP contribution in [-0.2, 0) is 15.5 Å².